The smallest absolute Gasteiger partial charge is 0.246 e. The minimum Gasteiger partial charge on any atom is -0.384 e. The quantitative estimate of drug-likeness (QED) is 0.583. The highest BCUT2D eigenvalue weighted by Crippen LogP contribution is 2.39. The number of hydrogen-bond donors (Lipinski definition) is 2. The molecule has 3 aromatic rings. The number of nitrogens with one attached hydrogen (secondary N) is 2. The Morgan fingerprint density at radius 2 is 2.12 bits per heavy atom. The van der Waals surface area contributed by atoms with Gasteiger partial charge in [0.15, 0.2) is 0 Å². The van der Waals surface area contributed by atoms with Crippen LogP contribution in [0.4, 0.5) is 5.69 Å². The Labute approximate surface area is 199 Å². The number of likely N-dealkylation sites (tertiary alicyclic amines) is 1. The highest BCUT2D eigenvalue weighted by atomic mass is 16.5. The molecule has 0 spiro atoms. The number of carbonyl (C=O) groups excluding carboxylic acids is 2. The fourth-order valence-corrected chi connectivity index (χ4v) is 5.35. The first-order valence-corrected chi connectivity index (χ1v) is 12.1. The van der Waals surface area contributed by atoms with Gasteiger partial charge in [-0.3, -0.25) is 14.7 Å². The van der Waals surface area contributed by atoms with Crippen molar-refractivity contribution >= 4 is 28.4 Å². The van der Waals surface area contributed by atoms with Gasteiger partial charge < -0.3 is 19.5 Å². The van der Waals surface area contributed by atoms with Crippen LogP contribution in [0.25, 0.3) is 22.3 Å². The van der Waals surface area contributed by atoms with Gasteiger partial charge in [-0.15, -0.1) is 0 Å². The molecule has 8 heteroatoms. The van der Waals surface area contributed by atoms with Gasteiger partial charge >= 0.3 is 0 Å². The fourth-order valence-electron chi connectivity index (χ4n) is 5.35. The van der Waals surface area contributed by atoms with Crippen molar-refractivity contribution in [3.8, 4) is 11.4 Å². The number of piperidine rings is 1. The zero-order valence-electron chi connectivity index (χ0n) is 20.2. The van der Waals surface area contributed by atoms with Gasteiger partial charge in [0.05, 0.1) is 12.3 Å². The zero-order chi connectivity index (χ0) is 23.9. The Morgan fingerprint density at radius 3 is 2.91 bits per heavy atom. The van der Waals surface area contributed by atoms with Crippen molar-refractivity contribution in [3.05, 3.63) is 35.5 Å². The minimum absolute atomic E-state index is 0.0716. The molecule has 2 aromatic heterocycles. The van der Waals surface area contributed by atoms with Gasteiger partial charge in [-0.1, -0.05) is 13.0 Å². The molecule has 3 heterocycles. The lowest BCUT2D eigenvalue weighted by atomic mass is 9.75. The summed E-state index contributed by atoms with van der Waals surface area (Å²) in [5.41, 5.74) is 6.31. The molecule has 1 aliphatic carbocycles. The van der Waals surface area contributed by atoms with E-state index in [4.69, 9.17) is 4.74 Å². The van der Waals surface area contributed by atoms with Crippen LogP contribution >= 0.6 is 0 Å². The predicted octanol–water partition coefficient (Wildman–Crippen LogP) is 3.67. The van der Waals surface area contributed by atoms with E-state index in [0.29, 0.717) is 13.0 Å². The summed E-state index contributed by atoms with van der Waals surface area (Å²) in [6.07, 6.45) is 5.38. The lowest BCUT2D eigenvalue weighted by molar-refractivity contribution is -0.137. The first-order valence-electron chi connectivity index (χ1n) is 12.1. The van der Waals surface area contributed by atoms with Crippen molar-refractivity contribution in [1.82, 2.24) is 20.1 Å². The van der Waals surface area contributed by atoms with Gasteiger partial charge in [0.25, 0.3) is 0 Å². The SMILES string of the molecule is COCC1(C)CCc2c(-c3cc4ccc(N(C)C(=O)CN5CCCCC5=O)cc4[nH]3)n[nH]c2C1. The highest BCUT2D eigenvalue weighted by molar-refractivity contribution is 5.98. The lowest BCUT2D eigenvalue weighted by Gasteiger charge is -2.32. The molecule has 0 bridgehead atoms. The molecular weight excluding hydrogens is 430 g/mol. The molecule has 1 fully saturated rings. The summed E-state index contributed by atoms with van der Waals surface area (Å²) in [6, 6.07) is 8.08. The van der Waals surface area contributed by atoms with Crippen LogP contribution in [0.2, 0.25) is 0 Å². The molecule has 34 heavy (non-hydrogen) atoms. The normalized spacial score (nSPS) is 20.6. The molecule has 2 aliphatic rings. The number of H-pyrrole nitrogens is 2. The van der Waals surface area contributed by atoms with Crippen molar-refractivity contribution in [3.63, 3.8) is 0 Å². The third-order valence-electron chi connectivity index (χ3n) is 7.40. The van der Waals surface area contributed by atoms with Crippen LogP contribution in [0.3, 0.4) is 0 Å². The van der Waals surface area contributed by atoms with Crippen LogP contribution in [0, 0.1) is 5.41 Å². The first-order chi connectivity index (χ1) is 16.4. The summed E-state index contributed by atoms with van der Waals surface area (Å²) in [6.45, 7) is 3.80. The molecule has 2 amide bonds. The summed E-state index contributed by atoms with van der Waals surface area (Å²) in [5.74, 6) is -0.0100. The second-order valence-electron chi connectivity index (χ2n) is 10.1. The van der Waals surface area contributed by atoms with Gasteiger partial charge in [-0.05, 0) is 55.7 Å². The van der Waals surface area contributed by atoms with Crippen LogP contribution < -0.4 is 4.90 Å². The lowest BCUT2D eigenvalue weighted by Crippen LogP contribution is -2.43. The van der Waals surface area contributed by atoms with E-state index < -0.39 is 0 Å². The number of ether oxygens (including phenoxy) is 1. The Balaban J connectivity index is 1.35. The number of fused-ring (bicyclic) bond motifs is 2. The van der Waals surface area contributed by atoms with E-state index >= 15 is 0 Å². The number of aromatic nitrogens is 3. The molecule has 2 N–H and O–H groups in total. The Hall–Kier alpha value is -3.13. The third kappa shape index (κ3) is 4.22. The Bertz CT molecular complexity index is 1230. The largest absolute Gasteiger partial charge is 0.384 e. The molecule has 1 unspecified atom stereocenters. The van der Waals surface area contributed by atoms with Gasteiger partial charge in [0.1, 0.15) is 12.2 Å². The van der Waals surface area contributed by atoms with E-state index in [9.17, 15) is 9.59 Å². The van der Waals surface area contributed by atoms with Crippen LogP contribution in [0.15, 0.2) is 24.3 Å². The monoisotopic (exact) mass is 463 g/mol. The number of aromatic amines is 2. The van der Waals surface area contributed by atoms with E-state index in [-0.39, 0.29) is 23.8 Å². The standard InChI is InChI=1S/C26H33N5O3/c1-26(16-34-3)10-9-19-22(14-26)28-29-25(19)21-12-17-7-8-18(13-20(17)27-21)30(2)24(33)15-31-11-5-4-6-23(31)32/h7-8,12-13,27H,4-6,9-11,14-16H2,1-3H3,(H,28,29). The first kappa shape index (κ1) is 22.7. The molecule has 1 saturated heterocycles. The summed E-state index contributed by atoms with van der Waals surface area (Å²) in [7, 11) is 3.53. The summed E-state index contributed by atoms with van der Waals surface area (Å²) < 4.78 is 5.44. The van der Waals surface area contributed by atoms with Crippen LogP contribution in [-0.4, -0.2) is 65.7 Å². The molecule has 180 valence electrons. The summed E-state index contributed by atoms with van der Waals surface area (Å²) >= 11 is 0. The average Bonchev–Trinajstić information content (AvgIpc) is 3.42. The summed E-state index contributed by atoms with van der Waals surface area (Å²) in [4.78, 5) is 31.7. The molecule has 5 rings (SSSR count). The van der Waals surface area contributed by atoms with Gasteiger partial charge in [-0.25, -0.2) is 0 Å². The maximum Gasteiger partial charge on any atom is 0.246 e. The number of anilines is 1. The van der Waals surface area contributed by atoms with Crippen LogP contribution in [0.1, 0.15) is 43.9 Å². The van der Waals surface area contributed by atoms with Crippen molar-refractivity contribution in [1.29, 1.82) is 0 Å². The van der Waals surface area contributed by atoms with Crippen molar-refractivity contribution < 1.29 is 14.3 Å². The number of carbonyl (C=O) groups is 2. The van der Waals surface area contributed by atoms with E-state index in [0.717, 1.165) is 66.7 Å². The summed E-state index contributed by atoms with van der Waals surface area (Å²) in [5, 5.41) is 8.98. The average molecular weight is 464 g/mol. The van der Waals surface area contributed by atoms with E-state index in [1.165, 1.54) is 11.3 Å². The number of hydrogen-bond acceptors (Lipinski definition) is 4. The van der Waals surface area contributed by atoms with Crippen molar-refractivity contribution in [2.75, 3.05) is 38.8 Å². The molecule has 0 radical (unpaired) electrons. The van der Waals surface area contributed by atoms with E-state index in [1.54, 1.807) is 24.0 Å². The maximum absolute atomic E-state index is 12.8. The number of likely N-dealkylation sites (N-methyl/N-ethyl adjacent to an activating group) is 1. The Morgan fingerprint density at radius 1 is 1.26 bits per heavy atom. The molecule has 1 aliphatic heterocycles. The van der Waals surface area contributed by atoms with Crippen LogP contribution in [0.5, 0.6) is 0 Å². The predicted molar refractivity (Wildman–Crippen MR) is 132 cm³/mol. The minimum atomic E-state index is -0.0816. The molecule has 1 aromatic carbocycles. The second kappa shape index (κ2) is 8.91. The third-order valence-corrected chi connectivity index (χ3v) is 7.40. The molecule has 8 nitrogen and oxygen atoms in total. The Kier molecular flexibility index (Phi) is 5.93. The fraction of sp³-hybridized carbons (Fsp3) is 0.500. The van der Waals surface area contributed by atoms with Crippen molar-refractivity contribution in [2.45, 2.75) is 45.4 Å². The molecule has 0 saturated carbocycles. The highest BCUT2D eigenvalue weighted by Gasteiger charge is 2.33. The van der Waals surface area contributed by atoms with Gasteiger partial charge in [0, 0.05) is 55.0 Å². The molecular formula is C26H33N5O3. The van der Waals surface area contributed by atoms with E-state index in [1.807, 2.05) is 18.2 Å². The zero-order valence-corrected chi connectivity index (χ0v) is 20.2. The maximum atomic E-state index is 12.8. The number of benzene rings is 1. The second-order valence-corrected chi connectivity index (χ2v) is 10.1. The van der Waals surface area contributed by atoms with E-state index in [2.05, 4.69) is 28.2 Å². The van der Waals surface area contributed by atoms with Crippen LogP contribution in [-0.2, 0) is 27.2 Å². The van der Waals surface area contributed by atoms with Gasteiger partial charge in [-0.2, -0.15) is 5.10 Å². The topological polar surface area (TPSA) is 94.3 Å². The molecule has 1 atom stereocenters. The number of nitrogens with zero attached hydrogens (tertiary/aromatic N) is 3. The number of rotatable bonds is 6. The van der Waals surface area contributed by atoms with Gasteiger partial charge in [0.2, 0.25) is 11.8 Å². The van der Waals surface area contributed by atoms with Crippen molar-refractivity contribution in [2.24, 2.45) is 5.41 Å². The number of amides is 2. The number of methoxy groups -OCH3 is 1.